The summed E-state index contributed by atoms with van der Waals surface area (Å²) >= 11 is 0. The van der Waals surface area contributed by atoms with Gasteiger partial charge >= 0.3 is 5.97 Å². The van der Waals surface area contributed by atoms with Gasteiger partial charge in [-0.3, -0.25) is 9.59 Å². The minimum Gasteiger partial charge on any atom is -0.462 e. The molecule has 1 amide bonds. The van der Waals surface area contributed by atoms with Gasteiger partial charge in [0.25, 0.3) is 0 Å². The van der Waals surface area contributed by atoms with E-state index in [1.165, 1.54) is 109 Å². The van der Waals surface area contributed by atoms with Crippen LogP contribution in [0.1, 0.15) is 226 Å². The van der Waals surface area contributed by atoms with Gasteiger partial charge in [0.1, 0.15) is 6.10 Å². The summed E-state index contributed by atoms with van der Waals surface area (Å²) < 4.78 is 5.84. The number of aliphatic hydroxyl groups excluding tert-OH is 2. The van der Waals surface area contributed by atoms with Crippen LogP contribution in [0.4, 0.5) is 0 Å². The fourth-order valence-electron chi connectivity index (χ4n) is 6.70. The Kier molecular flexibility index (Phi) is 39.8. The lowest BCUT2D eigenvalue weighted by Gasteiger charge is -2.24. The van der Waals surface area contributed by atoms with Crippen LogP contribution in [-0.2, 0) is 14.3 Å². The highest BCUT2D eigenvalue weighted by Gasteiger charge is 2.24. The number of rotatable bonds is 40. The number of amides is 1. The van der Waals surface area contributed by atoms with Crippen LogP contribution in [-0.4, -0.2) is 46.9 Å². The van der Waals surface area contributed by atoms with Crippen LogP contribution in [0.25, 0.3) is 0 Å². The van der Waals surface area contributed by atoms with Crippen LogP contribution in [0.2, 0.25) is 0 Å². The number of nitrogens with one attached hydrogen (secondary N) is 1. The average Bonchev–Trinajstić information content (AvgIpc) is 3.15. The molecule has 0 rings (SSSR count). The van der Waals surface area contributed by atoms with Crippen molar-refractivity contribution in [3.05, 3.63) is 36.5 Å². The van der Waals surface area contributed by atoms with Crippen LogP contribution in [0.15, 0.2) is 36.5 Å². The number of carbonyl (C=O) groups is 2. The molecule has 0 saturated carbocycles. The summed E-state index contributed by atoms with van der Waals surface area (Å²) in [7, 11) is 0. The first-order valence-corrected chi connectivity index (χ1v) is 22.7. The van der Waals surface area contributed by atoms with Crippen LogP contribution >= 0.6 is 0 Å². The molecule has 0 spiro atoms. The SMILES string of the molecule is CCCC/C=C\CCCCCC(CC(=O)NC(CO)C(O)CCCCCCCCCCCCCC)OC(=O)CC/C=C/C/C=C\CCCCCCCC. The number of allylic oxidation sites excluding steroid dienone is 6. The van der Waals surface area contributed by atoms with Gasteiger partial charge in [-0.1, -0.05) is 186 Å². The van der Waals surface area contributed by atoms with Crippen LogP contribution < -0.4 is 5.32 Å². The van der Waals surface area contributed by atoms with E-state index in [0.29, 0.717) is 19.3 Å². The maximum atomic E-state index is 13.1. The third kappa shape index (κ3) is 36.8. The summed E-state index contributed by atoms with van der Waals surface area (Å²) in [6, 6.07) is -0.712. The molecule has 53 heavy (non-hydrogen) atoms. The Labute approximate surface area is 328 Å². The number of unbranched alkanes of at least 4 members (excludes halogenated alkanes) is 22. The predicted octanol–water partition coefficient (Wildman–Crippen LogP) is 12.9. The zero-order valence-corrected chi connectivity index (χ0v) is 35.1. The molecule has 0 aromatic carbocycles. The molecule has 6 nitrogen and oxygen atoms in total. The van der Waals surface area contributed by atoms with E-state index < -0.39 is 18.2 Å². The van der Waals surface area contributed by atoms with Crippen molar-refractivity contribution in [2.45, 2.75) is 244 Å². The molecule has 0 aliphatic rings. The van der Waals surface area contributed by atoms with Crippen molar-refractivity contribution in [3.8, 4) is 0 Å². The topological polar surface area (TPSA) is 95.9 Å². The first-order valence-electron chi connectivity index (χ1n) is 22.7. The summed E-state index contributed by atoms with van der Waals surface area (Å²) in [6.45, 7) is 6.39. The van der Waals surface area contributed by atoms with E-state index in [0.717, 1.165) is 64.2 Å². The van der Waals surface area contributed by atoms with E-state index >= 15 is 0 Å². The second-order valence-electron chi connectivity index (χ2n) is 15.4. The normalized spacial score (nSPS) is 13.7. The van der Waals surface area contributed by atoms with E-state index in [1.54, 1.807) is 0 Å². The molecule has 0 heterocycles. The zero-order valence-electron chi connectivity index (χ0n) is 35.1. The van der Waals surface area contributed by atoms with E-state index in [1.807, 2.05) is 6.08 Å². The second kappa shape index (κ2) is 41.2. The molecular weight excluding hydrogens is 659 g/mol. The van der Waals surface area contributed by atoms with Crippen molar-refractivity contribution < 1.29 is 24.5 Å². The first-order chi connectivity index (χ1) is 26.0. The van der Waals surface area contributed by atoms with Gasteiger partial charge in [0.05, 0.1) is 25.2 Å². The molecule has 0 aromatic rings. The van der Waals surface area contributed by atoms with Gasteiger partial charge in [-0.05, 0) is 64.2 Å². The molecule has 0 fully saturated rings. The Balaban J connectivity index is 4.61. The van der Waals surface area contributed by atoms with Crippen molar-refractivity contribution in [2.75, 3.05) is 6.61 Å². The van der Waals surface area contributed by atoms with Crippen molar-refractivity contribution in [1.82, 2.24) is 5.32 Å². The number of aliphatic hydroxyl groups is 2. The highest BCUT2D eigenvalue weighted by Crippen LogP contribution is 2.16. The number of esters is 1. The van der Waals surface area contributed by atoms with Crippen molar-refractivity contribution in [3.63, 3.8) is 0 Å². The van der Waals surface area contributed by atoms with E-state index in [2.05, 4.69) is 56.5 Å². The Morgan fingerprint density at radius 3 is 1.53 bits per heavy atom. The van der Waals surface area contributed by atoms with Crippen molar-refractivity contribution >= 4 is 11.9 Å². The minimum atomic E-state index is -0.796. The lowest BCUT2D eigenvalue weighted by Crippen LogP contribution is -2.46. The van der Waals surface area contributed by atoms with E-state index in [9.17, 15) is 19.8 Å². The molecular formula is C47H87NO5. The van der Waals surface area contributed by atoms with Crippen LogP contribution in [0.5, 0.6) is 0 Å². The molecule has 0 aliphatic carbocycles. The van der Waals surface area contributed by atoms with Gasteiger partial charge in [-0.25, -0.2) is 0 Å². The Hall–Kier alpha value is -1.92. The third-order valence-electron chi connectivity index (χ3n) is 10.2. The van der Waals surface area contributed by atoms with Crippen LogP contribution in [0, 0.1) is 0 Å². The average molecular weight is 746 g/mol. The number of ether oxygens (including phenoxy) is 1. The van der Waals surface area contributed by atoms with Gasteiger partial charge in [0.2, 0.25) is 5.91 Å². The number of hydrogen-bond acceptors (Lipinski definition) is 5. The smallest absolute Gasteiger partial charge is 0.306 e. The first kappa shape index (κ1) is 51.1. The quantitative estimate of drug-likeness (QED) is 0.0330. The highest BCUT2D eigenvalue weighted by atomic mass is 16.5. The minimum absolute atomic E-state index is 0.0454. The largest absolute Gasteiger partial charge is 0.462 e. The van der Waals surface area contributed by atoms with Gasteiger partial charge in [0, 0.05) is 6.42 Å². The zero-order chi connectivity index (χ0) is 38.9. The van der Waals surface area contributed by atoms with E-state index in [4.69, 9.17) is 4.74 Å². The molecule has 0 saturated heterocycles. The predicted molar refractivity (Wildman–Crippen MR) is 227 cm³/mol. The standard InChI is InChI=1S/C47H87NO5/c1-4-7-10-13-16-19-21-23-25-28-31-34-37-40-47(52)53-43(38-35-32-29-26-18-15-12-9-6-3)41-46(51)48-44(42-49)45(50)39-36-33-30-27-24-22-20-17-14-11-8-5-2/h15,18,23,25,31,34,43-45,49-50H,4-14,16-17,19-22,24,26-30,32-33,35-42H2,1-3H3,(H,48,51)/b18-15-,25-23-,34-31+. The molecule has 310 valence electrons. The van der Waals surface area contributed by atoms with Gasteiger partial charge in [0.15, 0.2) is 0 Å². The van der Waals surface area contributed by atoms with Gasteiger partial charge in [-0.2, -0.15) is 0 Å². The number of carbonyl (C=O) groups excluding carboxylic acids is 2. The molecule has 3 unspecified atom stereocenters. The van der Waals surface area contributed by atoms with Crippen LogP contribution in [0.3, 0.4) is 0 Å². The monoisotopic (exact) mass is 746 g/mol. The second-order valence-corrected chi connectivity index (χ2v) is 15.4. The Bertz CT molecular complexity index is 884. The fraction of sp³-hybridized carbons (Fsp3) is 0.830. The highest BCUT2D eigenvalue weighted by molar-refractivity contribution is 5.77. The van der Waals surface area contributed by atoms with Gasteiger partial charge in [-0.15, -0.1) is 0 Å². The summed E-state index contributed by atoms with van der Waals surface area (Å²) in [5.41, 5.74) is 0. The Morgan fingerprint density at radius 1 is 0.547 bits per heavy atom. The molecule has 0 bridgehead atoms. The molecule has 6 heteroatoms. The maximum Gasteiger partial charge on any atom is 0.306 e. The molecule has 3 N–H and O–H groups in total. The van der Waals surface area contributed by atoms with E-state index in [-0.39, 0.29) is 31.3 Å². The maximum absolute atomic E-state index is 13.1. The lowest BCUT2D eigenvalue weighted by atomic mass is 10.0. The fourth-order valence-corrected chi connectivity index (χ4v) is 6.70. The van der Waals surface area contributed by atoms with Crippen molar-refractivity contribution in [2.24, 2.45) is 0 Å². The Morgan fingerprint density at radius 2 is 0.981 bits per heavy atom. The molecule has 0 aromatic heterocycles. The lowest BCUT2D eigenvalue weighted by molar-refractivity contribution is -0.150. The van der Waals surface area contributed by atoms with Gasteiger partial charge < -0.3 is 20.3 Å². The summed E-state index contributed by atoms with van der Waals surface area (Å²) in [6.07, 6.45) is 46.4. The number of hydrogen-bond donors (Lipinski definition) is 3. The third-order valence-corrected chi connectivity index (χ3v) is 10.2. The molecule has 3 atom stereocenters. The summed E-state index contributed by atoms with van der Waals surface area (Å²) in [4.78, 5) is 25.9. The molecule has 0 radical (unpaired) electrons. The summed E-state index contributed by atoms with van der Waals surface area (Å²) in [5, 5.41) is 23.6. The summed E-state index contributed by atoms with van der Waals surface area (Å²) in [5.74, 6) is -0.572. The molecule has 0 aliphatic heterocycles. The van der Waals surface area contributed by atoms with Crippen molar-refractivity contribution in [1.29, 1.82) is 0 Å².